The minimum atomic E-state index is -3.68. The molecule has 0 heterocycles. The number of hydrazone groups is 1. The maximum Gasteiger partial charge on any atom is 0.260 e. The molecule has 0 aliphatic heterocycles. The van der Waals surface area contributed by atoms with E-state index in [1.54, 1.807) is 67.6 Å². The first kappa shape index (κ1) is 26.6. The first-order valence-corrected chi connectivity index (χ1v) is 13.3. The van der Waals surface area contributed by atoms with Crippen molar-refractivity contribution >= 4 is 38.9 Å². The van der Waals surface area contributed by atoms with E-state index in [1.165, 1.54) is 0 Å². The lowest BCUT2D eigenvalue weighted by Gasteiger charge is -2.22. The molecule has 0 radical (unpaired) electrons. The van der Waals surface area contributed by atoms with Gasteiger partial charge < -0.3 is 5.32 Å². The zero-order chi connectivity index (χ0) is 26.3. The van der Waals surface area contributed by atoms with Gasteiger partial charge in [0.2, 0.25) is 10.0 Å². The summed E-state index contributed by atoms with van der Waals surface area (Å²) < 4.78 is 25.7. The van der Waals surface area contributed by atoms with Gasteiger partial charge in [-0.25, -0.2) is 13.8 Å². The minimum Gasteiger partial charge on any atom is -0.322 e. The second kappa shape index (κ2) is 11.6. The molecule has 0 atom stereocenters. The van der Waals surface area contributed by atoms with E-state index in [0.29, 0.717) is 28.6 Å². The fourth-order valence-corrected chi connectivity index (χ4v) is 4.25. The first-order valence-electron chi connectivity index (χ1n) is 11.4. The lowest BCUT2D eigenvalue weighted by atomic mass is 10.0. The number of carbonyl (C=O) groups is 2. The number of nitrogens with one attached hydrogen (secondary N) is 2. The Labute approximate surface area is 212 Å². The Hall–Kier alpha value is -3.98. The van der Waals surface area contributed by atoms with Gasteiger partial charge in [0, 0.05) is 11.3 Å². The van der Waals surface area contributed by atoms with Crippen molar-refractivity contribution in [3.63, 3.8) is 0 Å². The predicted molar refractivity (Wildman–Crippen MR) is 144 cm³/mol. The molecule has 0 aromatic heterocycles. The number of sulfonamides is 1. The van der Waals surface area contributed by atoms with Gasteiger partial charge in [0.1, 0.15) is 6.54 Å². The quantitative estimate of drug-likeness (QED) is 0.332. The average molecular weight is 507 g/mol. The molecule has 0 saturated heterocycles. The summed E-state index contributed by atoms with van der Waals surface area (Å²) in [5.74, 6) is -0.477. The first-order chi connectivity index (χ1) is 17.0. The van der Waals surface area contributed by atoms with Crippen LogP contribution in [0.3, 0.4) is 0 Å². The monoisotopic (exact) mass is 506 g/mol. The fourth-order valence-electron chi connectivity index (χ4n) is 3.39. The van der Waals surface area contributed by atoms with Crippen LogP contribution in [0.15, 0.2) is 84.0 Å². The lowest BCUT2D eigenvalue weighted by Crippen LogP contribution is -2.39. The van der Waals surface area contributed by atoms with Gasteiger partial charge in [-0.1, -0.05) is 56.3 Å². The summed E-state index contributed by atoms with van der Waals surface area (Å²) in [6, 6.07) is 23.0. The average Bonchev–Trinajstić information content (AvgIpc) is 2.86. The molecule has 188 valence electrons. The molecule has 8 nitrogen and oxygen atoms in total. The van der Waals surface area contributed by atoms with E-state index in [-0.39, 0.29) is 5.91 Å². The minimum absolute atomic E-state index is 0.213. The zero-order valence-corrected chi connectivity index (χ0v) is 21.5. The molecule has 2 N–H and O–H groups in total. The number of rotatable bonds is 9. The highest BCUT2D eigenvalue weighted by atomic mass is 32.2. The Morgan fingerprint density at radius 3 is 2.06 bits per heavy atom. The SMILES string of the molecule is C/C(=N/NC(=O)CN(c1ccc(C(C)C)cc1)S(C)(=O)=O)c1ccc(NC(=O)c2ccccc2)cc1. The summed E-state index contributed by atoms with van der Waals surface area (Å²) in [6.45, 7) is 5.41. The van der Waals surface area contributed by atoms with Crippen molar-refractivity contribution < 1.29 is 18.0 Å². The highest BCUT2D eigenvalue weighted by molar-refractivity contribution is 7.92. The van der Waals surface area contributed by atoms with E-state index in [2.05, 4.69) is 15.8 Å². The Morgan fingerprint density at radius 1 is 0.889 bits per heavy atom. The van der Waals surface area contributed by atoms with Crippen LogP contribution in [0.1, 0.15) is 48.2 Å². The Morgan fingerprint density at radius 2 is 1.50 bits per heavy atom. The van der Waals surface area contributed by atoms with Crippen molar-refractivity contribution in [2.45, 2.75) is 26.7 Å². The predicted octanol–water partition coefficient (Wildman–Crippen LogP) is 4.37. The molecule has 0 unspecified atom stereocenters. The van der Waals surface area contributed by atoms with Crippen LogP contribution in [-0.2, 0) is 14.8 Å². The van der Waals surface area contributed by atoms with Crippen molar-refractivity contribution in [1.82, 2.24) is 5.43 Å². The van der Waals surface area contributed by atoms with Crippen LogP contribution in [-0.4, -0.2) is 38.7 Å². The normalized spacial score (nSPS) is 11.8. The Bertz CT molecular complexity index is 1330. The van der Waals surface area contributed by atoms with Gasteiger partial charge >= 0.3 is 0 Å². The molecule has 0 aliphatic rings. The molecule has 0 spiro atoms. The van der Waals surface area contributed by atoms with Crippen LogP contribution in [0.4, 0.5) is 11.4 Å². The number of amides is 2. The molecule has 0 bridgehead atoms. The van der Waals surface area contributed by atoms with E-state index in [0.717, 1.165) is 21.7 Å². The molecule has 2 amide bonds. The summed E-state index contributed by atoms with van der Waals surface area (Å²) in [6.07, 6.45) is 1.06. The fraction of sp³-hybridized carbons (Fsp3) is 0.222. The number of carbonyl (C=O) groups excluding carboxylic acids is 2. The van der Waals surface area contributed by atoms with Crippen molar-refractivity contribution in [3.8, 4) is 0 Å². The topological polar surface area (TPSA) is 108 Å². The number of hydrogen-bond donors (Lipinski definition) is 2. The van der Waals surface area contributed by atoms with Gasteiger partial charge in [-0.3, -0.25) is 13.9 Å². The summed E-state index contributed by atoms with van der Waals surface area (Å²) in [7, 11) is -3.68. The van der Waals surface area contributed by atoms with Gasteiger partial charge in [0.05, 0.1) is 17.7 Å². The third-order valence-corrected chi connectivity index (χ3v) is 6.62. The van der Waals surface area contributed by atoms with Gasteiger partial charge in [-0.2, -0.15) is 5.10 Å². The maximum atomic E-state index is 12.5. The molecular weight excluding hydrogens is 476 g/mol. The second-order valence-corrected chi connectivity index (χ2v) is 10.6. The molecule has 36 heavy (non-hydrogen) atoms. The molecule has 3 aromatic rings. The van der Waals surface area contributed by atoms with Gasteiger partial charge in [-0.15, -0.1) is 0 Å². The third kappa shape index (κ3) is 7.26. The zero-order valence-electron chi connectivity index (χ0n) is 20.7. The number of anilines is 2. The van der Waals surface area contributed by atoms with Crippen LogP contribution < -0.4 is 15.0 Å². The van der Waals surface area contributed by atoms with Crippen LogP contribution in [0.25, 0.3) is 0 Å². The molecule has 3 aromatic carbocycles. The van der Waals surface area contributed by atoms with Crippen LogP contribution in [0, 0.1) is 0 Å². The van der Waals surface area contributed by atoms with E-state index in [1.807, 2.05) is 32.0 Å². The highest BCUT2D eigenvalue weighted by Crippen LogP contribution is 2.22. The van der Waals surface area contributed by atoms with Crippen molar-refractivity contribution in [3.05, 3.63) is 95.6 Å². The molecular formula is C27H30N4O4S. The summed E-state index contributed by atoms with van der Waals surface area (Å²) in [5, 5.41) is 6.93. The smallest absolute Gasteiger partial charge is 0.260 e. The van der Waals surface area contributed by atoms with E-state index >= 15 is 0 Å². The molecule has 0 saturated carbocycles. The standard InChI is InChI=1S/C27H30N4O4S/c1-19(2)21-12-16-25(17-13-21)31(36(4,34)35)18-26(32)30-29-20(3)22-10-14-24(15-11-22)28-27(33)23-8-6-5-7-9-23/h5-17,19H,18H2,1-4H3,(H,28,33)(H,30,32)/b29-20-. The van der Waals surface area contributed by atoms with Crippen LogP contribution in [0.2, 0.25) is 0 Å². The van der Waals surface area contributed by atoms with Crippen molar-refractivity contribution in [1.29, 1.82) is 0 Å². The third-order valence-electron chi connectivity index (χ3n) is 5.48. The highest BCUT2D eigenvalue weighted by Gasteiger charge is 2.21. The number of hydrogen-bond acceptors (Lipinski definition) is 5. The largest absolute Gasteiger partial charge is 0.322 e. The Kier molecular flexibility index (Phi) is 8.60. The van der Waals surface area contributed by atoms with Gasteiger partial charge in [-0.05, 0) is 60.4 Å². The Balaban J connectivity index is 1.63. The van der Waals surface area contributed by atoms with Crippen LogP contribution >= 0.6 is 0 Å². The van der Waals surface area contributed by atoms with E-state index in [9.17, 15) is 18.0 Å². The number of benzene rings is 3. The summed E-state index contributed by atoms with van der Waals surface area (Å²) in [4.78, 5) is 24.8. The molecule has 0 aliphatic carbocycles. The van der Waals surface area contributed by atoms with Crippen molar-refractivity contribution in [2.24, 2.45) is 5.10 Å². The van der Waals surface area contributed by atoms with E-state index < -0.39 is 22.5 Å². The summed E-state index contributed by atoms with van der Waals surface area (Å²) >= 11 is 0. The van der Waals surface area contributed by atoms with Gasteiger partial charge in [0.15, 0.2) is 0 Å². The summed E-state index contributed by atoms with van der Waals surface area (Å²) in [5.41, 5.74) is 6.34. The molecule has 0 fully saturated rings. The van der Waals surface area contributed by atoms with Crippen molar-refractivity contribution in [2.75, 3.05) is 22.4 Å². The molecule has 3 rings (SSSR count). The molecule has 9 heteroatoms. The lowest BCUT2D eigenvalue weighted by molar-refractivity contribution is -0.119. The maximum absolute atomic E-state index is 12.5. The van der Waals surface area contributed by atoms with E-state index in [4.69, 9.17) is 0 Å². The second-order valence-electron chi connectivity index (χ2n) is 8.65. The number of nitrogens with zero attached hydrogens (tertiary/aromatic N) is 2. The van der Waals surface area contributed by atoms with Crippen LogP contribution in [0.5, 0.6) is 0 Å². The van der Waals surface area contributed by atoms with Gasteiger partial charge in [0.25, 0.3) is 11.8 Å².